The highest BCUT2D eigenvalue weighted by atomic mass is 16.2. The molecule has 0 saturated carbocycles. The Balaban J connectivity index is 1.60. The highest BCUT2D eigenvalue weighted by Crippen LogP contribution is 2.30. The molecule has 4 rings (SSSR count). The van der Waals surface area contributed by atoms with Gasteiger partial charge in [-0.3, -0.25) is 14.6 Å². The summed E-state index contributed by atoms with van der Waals surface area (Å²) in [6.07, 6.45) is 4.25. The van der Waals surface area contributed by atoms with Crippen LogP contribution in [0.15, 0.2) is 24.4 Å². The molecular formula is C21H26N6O2. The summed E-state index contributed by atoms with van der Waals surface area (Å²) in [6, 6.07) is 5.36. The van der Waals surface area contributed by atoms with E-state index >= 15 is 0 Å². The van der Waals surface area contributed by atoms with Crippen molar-refractivity contribution >= 4 is 17.6 Å². The molecular weight excluding hydrogens is 368 g/mol. The van der Waals surface area contributed by atoms with Crippen LogP contribution in [0.1, 0.15) is 53.3 Å². The minimum Gasteiger partial charge on any atom is -0.373 e. The number of fused-ring (bicyclic) bond motifs is 1. The van der Waals surface area contributed by atoms with Crippen LogP contribution >= 0.6 is 0 Å². The van der Waals surface area contributed by atoms with Crippen molar-refractivity contribution in [1.82, 2.24) is 24.8 Å². The number of hydrogen-bond donors (Lipinski definition) is 1. The molecule has 1 saturated heterocycles. The predicted octanol–water partition coefficient (Wildman–Crippen LogP) is 1.84. The van der Waals surface area contributed by atoms with Gasteiger partial charge in [-0.05, 0) is 31.4 Å². The molecule has 0 bridgehead atoms. The maximum absolute atomic E-state index is 12.8. The molecule has 8 nitrogen and oxygen atoms in total. The van der Waals surface area contributed by atoms with Crippen molar-refractivity contribution < 1.29 is 9.59 Å². The molecule has 2 aliphatic heterocycles. The fourth-order valence-corrected chi connectivity index (χ4v) is 4.14. The Morgan fingerprint density at radius 3 is 2.76 bits per heavy atom. The zero-order valence-corrected chi connectivity index (χ0v) is 16.9. The van der Waals surface area contributed by atoms with Crippen molar-refractivity contribution in [1.29, 1.82) is 0 Å². The normalized spacial score (nSPS) is 18.9. The van der Waals surface area contributed by atoms with E-state index in [1.165, 1.54) is 0 Å². The lowest BCUT2D eigenvalue weighted by molar-refractivity contribution is -0.130. The second kappa shape index (κ2) is 8.14. The van der Waals surface area contributed by atoms with Gasteiger partial charge in [0, 0.05) is 51.3 Å². The lowest BCUT2D eigenvalue weighted by atomic mass is 9.96. The molecule has 0 aromatic carbocycles. The van der Waals surface area contributed by atoms with Crippen LogP contribution in [-0.2, 0) is 17.8 Å². The van der Waals surface area contributed by atoms with Crippen molar-refractivity contribution in [3.05, 3.63) is 47.2 Å². The minimum absolute atomic E-state index is 0.0807. The molecule has 152 valence electrons. The Kier molecular flexibility index (Phi) is 5.42. The van der Waals surface area contributed by atoms with Gasteiger partial charge in [-0.2, -0.15) is 0 Å². The van der Waals surface area contributed by atoms with Gasteiger partial charge in [0.2, 0.25) is 5.91 Å². The summed E-state index contributed by atoms with van der Waals surface area (Å²) >= 11 is 0. The van der Waals surface area contributed by atoms with E-state index < -0.39 is 0 Å². The van der Waals surface area contributed by atoms with E-state index in [9.17, 15) is 9.59 Å². The lowest BCUT2D eigenvalue weighted by Gasteiger charge is -2.33. The number of pyridine rings is 1. The van der Waals surface area contributed by atoms with E-state index in [4.69, 9.17) is 9.97 Å². The summed E-state index contributed by atoms with van der Waals surface area (Å²) in [5.74, 6) is 1.71. The van der Waals surface area contributed by atoms with Gasteiger partial charge in [-0.1, -0.05) is 6.07 Å². The van der Waals surface area contributed by atoms with Crippen LogP contribution in [0.25, 0.3) is 0 Å². The fourth-order valence-electron chi connectivity index (χ4n) is 4.14. The van der Waals surface area contributed by atoms with Gasteiger partial charge in [-0.25, -0.2) is 9.97 Å². The average Bonchev–Trinajstić information content (AvgIpc) is 2.78. The number of hydrogen-bond acceptors (Lipinski definition) is 6. The van der Waals surface area contributed by atoms with Crippen molar-refractivity contribution in [2.45, 2.75) is 38.6 Å². The summed E-state index contributed by atoms with van der Waals surface area (Å²) in [5.41, 5.74) is 2.40. The third-order valence-electron chi connectivity index (χ3n) is 5.72. The SMILES string of the molecule is CNc1nc([C@@H]2CCCN(C(C)=O)C2)nc2c1CCN(C(=O)c1ccccn1)C2. The van der Waals surface area contributed by atoms with Crippen LogP contribution in [0.3, 0.4) is 0 Å². The Hall–Kier alpha value is -3.03. The van der Waals surface area contributed by atoms with E-state index in [0.717, 1.165) is 42.3 Å². The zero-order valence-electron chi connectivity index (χ0n) is 16.9. The van der Waals surface area contributed by atoms with Gasteiger partial charge in [0.1, 0.15) is 17.3 Å². The minimum atomic E-state index is -0.0807. The third-order valence-corrected chi connectivity index (χ3v) is 5.72. The van der Waals surface area contributed by atoms with E-state index in [1.807, 2.05) is 18.0 Å². The van der Waals surface area contributed by atoms with Crippen molar-refractivity contribution in [3.8, 4) is 0 Å². The average molecular weight is 394 g/mol. The van der Waals surface area contributed by atoms with Gasteiger partial charge in [0.05, 0.1) is 12.2 Å². The lowest BCUT2D eigenvalue weighted by Crippen LogP contribution is -2.39. The molecule has 8 heteroatoms. The Bertz CT molecular complexity index is 917. The first-order valence-corrected chi connectivity index (χ1v) is 10.1. The number of aromatic nitrogens is 3. The number of likely N-dealkylation sites (tertiary alicyclic amines) is 1. The second-order valence-corrected chi connectivity index (χ2v) is 7.60. The molecule has 1 atom stereocenters. The molecule has 0 radical (unpaired) electrons. The van der Waals surface area contributed by atoms with Crippen molar-refractivity contribution in [2.24, 2.45) is 0 Å². The number of anilines is 1. The summed E-state index contributed by atoms with van der Waals surface area (Å²) in [4.78, 5) is 42.1. The first-order chi connectivity index (χ1) is 14.1. The predicted molar refractivity (Wildman–Crippen MR) is 108 cm³/mol. The summed E-state index contributed by atoms with van der Waals surface area (Å²) in [5, 5.41) is 3.20. The van der Waals surface area contributed by atoms with Gasteiger partial charge in [-0.15, -0.1) is 0 Å². The largest absolute Gasteiger partial charge is 0.373 e. The molecule has 0 aliphatic carbocycles. The third kappa shape index (κ3) is 3.92. The molecule has 2 amide bonds. The molecule has 0 spiro atoms. The molecule has 2 aliphatic rings. The molecule has 4 heterocycles. The number of nitrogens with zero attached hydrogens (tertiary/aromatic N) is 5. The number of piperidine rings is 1. The maximum atomic E-state index is 12.8. The van der Waals surface area contributed by atoms with E-state index in [1.54, 1.807) is 30.2 Å². The quantitative estimate of drug-likeness (QED) is 0.854. The highest BCUT2D eigenvalue weighted by molar-refractivity contribution is 5.92. The van der Waals surface area contributed by atoms with Gasteiger partial charge < -0.3 is 15.1 Å². The standard InChI is InChI=1S/C21H26N6O2/c1-14(28)26-10-5-6-15(12-26)19-24-18-13-27(11-8-16(18)20(22-2)25-19)21(29)17-7-3-4-9-23-17/h3-4,7,9,15H,5-6,8,10-13H2,1-2H3,(H,22,24,25)/t15-/m1/s1. The van der Waals surface area contributed by atoms with E-state index in [-0.39, 0.29) is 17.7 Å². The molecule has 2 aromatic heterocycles. The summed E-state index contributed by atoms with van der Waals surface area (Å²) in [7, 11) is 1.86. The number of carbonyl (C=O) groups excluding carboxylic acids is 2. The molecule has 0 unspecified atom stereocenters. The van der Waals surface area contributed by atoms with Crippen LogP contribution in [0.2, 0.25) is 0 Å². The fraction of sp³-hybridized carbons (Fsp3) is 0.476. The van der Waals surface area contributed by atoms with Gasteiger partial charge in [0.25, 0.3) is 5.91 Å². The second-order valence-electron chi connectivity index (χ2n) is 7.60. The molecule has 1 N–H and O–H groups in total. The van der Waals surface area contributed by atoms with Gasteiger partial charge >= 0.3 is 0 Å². The number of nitrogens with one attached hydrogen (secondary N) is 1. The smallest absolute Gasteiger partial charge is 0.272 e. The van der Waals surface area contributed by atoms with Crippen molar-refractivity contribution in [3.63, 3.8) is 0 Å². The van der Waals surface area contributed by atoms with Crippen LogP contribution in [0.5, 0.6) is 0 Å². The monoisotopic (exact) mass is 394 g/mol. The van der Waals surface area contributed by atoms with Crippen LogP contribution < -0.4 is 5.32 Å². The summed E-state index contributed by atoms with van der Waals surface area (Å²) in [6.45, 7) is 4.10. The van der Waals surface area contributed by atoms with E-state index in [2.05, 4.69) is 10.3 Å². The number of amides is 2. The van der Waals surface area contributed by atoms with Crippen molar-refractivity contribution in [2.75, 3.05) is 32.0 Å². The van der Waals surface area contributed by atoms with Crippen LogP contribution in [0, 0.1) is 0 Å². The first-order valence-electron chi connectivity index (χ1n) is 10.1. The van der Waals surface area contributed by atoms with Gasteiger partial charge in [0.15, 0.2) is 0 Å². The highest BCUT2D eigenvalue weighted by Gasteiger charge is 2.30. The Morgan fingerprint density at radius 1 is 1.17 bits per heavy atom. The summed E-state index contributed by atoms with van der Waals surface area (Å²) < 4.78 is 0. The molecule has 29 heavy (non-hydrogen) atoms. The molecule has 1 fully saturated rings. The van der Waals surface area contributed by atoms with E-state index in [0.29, 0.717) is 31.7 Å². The topological polar surface area (TPSA) is 91.3 Å². The zero-order chi connectivity index (χ0) is 20.4. The maximum Gasteiger partial charge on any atom is 0.272 e. The van der Waals surface area contributed by atoms with Crippen LogP contribution in [-0.4, -0.2) is 63.2 Å². The Morgan fingerprint density at radius 2 is 2.03 bits per heavy atom. The number of carbonyl (C=O) groups is 2. The molecule has 2 aromatic rings. The Labute approximate surface area is 170 Å². The van der Waals surface area contributed by atoms with Crippen LogP contribution in [0.4, 0.5) is 5.82 Å². The number of rotatable bonds is 3. The first kappa shape index (κ1) is 19.3.